The molecule has 3 N–H and O–H groups in total. The van der Waals surface area contributed by atoms with Gasteiger partial charge < -0.3 is 20.3 Å². The minimum absolute atomic E-state index is 0.0730. The fraction of sp³-hybridized carbons (Fsp3) is 0.200. The summed E-state index contributed by atoms with van der Waals surface area (Å²) in [6.45, 7) is 1.94. The van der Waals surface area contributed by atoms with Gasteiger partial charge in [0.25, 0.3) is 0 Å². The molecule has 0 aliphatic heterocycles. The van der Waals surface area contributed by atoms with Crippen LogP contribution in [-0.4, -0.2) is 17.3 Å². The Bertz CT molecular complexity index is 638. The summed E-state index contributed by atoms with van der Waals surface area (Å²) in [6, 6.07) is 8.23. The molecule has 0 bridgehead atoms. The van der Waals surface area contributed by atoms with Crippen LogP contribution in [0.5, 0.6) is 17.2 Å². The highest BCUT2D eigenvalue weighted by Crippen LogP contribution is 2.36. The van der Waals surface area contributed by atoms with E-state index < -0.39 is 0 Å². The van der Waals surface area contributed by atoms with Crippen molar-refractivity contribution in [1.29, 1.82) is 0 Å². The van der Waals surface area contributed by atoms with Gasteiger partial charge in [-0.25, -0.2) is 0 Å². The van der Waals surface area contributed by atoms with E-state index in [1.54, 1.807) is 30.3 Å². The smallest absolute Gasteiger partial charge is 0.160 e. The highest BCUT2D eigenvalue weighted by Gasteiger charge is 2.12. The molecule has 112 valence electrons. The zero-order valence-electron chi connectivity index (χ0n) is 11.5. The largest absolute Gasteiger partial charge is 0.505 e. The molecule has 4 nitrogen and oxygen atoms in total. The summed E-state index contributed by atoms with van der Waals surface area (Å²) in [5, 5.41) is 22.7. The lowest BCUT2D eigenvalue weighted by Crippen LogP contribution is -2.06. The number of hydrogen-bond acceptors (Lipinski definition) is 4. The number of hydrogen-bond donors (Lipinski definition) is 3. The Balaban J connectivity index is 2.23. The predicted octanol–water partition coefficient (Wildman–Crippen LogP) is 4.59. The average molecular weight is 328 g/mol. The first kappa shape index (κ1) is 15.6. The molecule has 0 heterocycles. The quantitative estimate of drug-likeness (QED) is 0.719. The van der Waals surface area contributed by atoms with E-state index in [0.717, 1.165) is 5.56 Å². The summed E-state index contributed by atoms with van der Waals surface area (Å²) in [5.74, 6) is 0.356. The van der Waals surface area contributed by atoms with Crippen molar-refractivity contribution in [2.24, 2.45) is 0 Å². The molecule has 0 fully saturated rings. The summed E-state index contributed by atoms with van der Waals surface area (Å²) in [7, 11) is 1.50. The molecular weight excluding hydrogens is 313 g/mol. The number of phenolic OH excluding ortho intramolecular Hbond substituents is 2. The molecule has 0 amide bonds. The monoisotopic (exact) mass is 327 g/mol. The van der Waals surface area contributed by atoms with E-state index in [4.69, 9.17) is 27.9 Å². The van der Waals surface area contributed by atoms with Gasteiger partial charge in [0.2, 0.25) is 0 Å². The highest BCUT2D eigenvalue weighted by molar-refractivity contribution is 6.37. The van der Waals surface area contributed by atoms with Gasteiger partial charge in [0.15, 0.2) is 17.2 Å². The van der Waals surface area contributed by atoms with Crippen LogP contribution in [0.2, 0.25) is 10.0 Å². The Morgan fingerprint density at radius 1 is 1.10 bits per heavy atom. The van der Waals surface area contributed by atoms with E-state index in [0.29, 0.717) is 11.4 Å². The number of ether oxygens (including phenoxy) is 1. The lowest BCUT2D eigenvalue weighted by Gasteiger charge is -2.17. The van der Waals surface area contributed by atoms with Crippen molar-refractivity contribution in [3.05, 3.63) is 45.9 Å². The van der Waals surface area contributed by atoms with Gasteiger partial charge in [0, 0.05) is 11.7 Å². The van der Waals surface area contributed by atoms with Gasteiger partial charge in [-0.15, -0.1) is 0 Å². The third kappa shape index (κ3) is 3.46. The van der Waals surface area contributed by atoms with Gasteiger partial charge >= 0.3 is 0 Å². The van der Waals surface area contributed by atoms with Gasteiger partial charge in [-0.05, 0) is 36.8 Å². The second-order valence-electron chi connectivity index (χ2n) is 4.59. The molecule has 0 aromatic heterocycles. The maximum Gasteiger partial charge on any atom is 0.160 e. The summed E-state index contributed by atoms with van der Waals surface area (Å²) in [6.07, 6.45) is 0. The molecule has 1 atom stereocenters. The van der Waals surface area contributed by atoms with Crippen molar-refractivity contribution in [2.75, 3.05) is 12.4 Å². The summed E-state index contributed by atoms with van der Waals surface area (Å²) in [4.78, 5) is 0. The highest BCUT2D eigenvalue weighted by atomic mass is 35.5. The number of aromatic hydroxyl groups is 2. The summed E-state index contributed by atoms with van der Waals surface area (Å²) < 4.78 is 5.09. The minimum Gasteiger partial charge on any atom is -0.505 e. The van der Waals surface area contributed by atoms with Crippen molar-refractivity contribution >= 4 is 28.9 Å². The molecule has 0 radical (unpaired) electrons. The van der Waals surface area contributed by atoms with Crippen LogP contribution in [0.1, 0.15) is 18.5 Å². The standard InChI is InChI=1S/C15H15Cl2NO3/c1-8(9-3-4-13(19)14(5-9)21-2)18-10-6-11(16)15(20)12(17)7-10/h3-8,18-20H,1-2H3. The van der Waals surface area contributed by atoms with E-state index in [9.17, 15) is 10.2 Å². The maximum atomic E-state index is 9.60. The van der Waals surface area contributed by atoms with Crippen molar-refractivity contribution in [3.8, 4) is 17.2 Å². The normalized spacial score (nSPS) is 12.0. The second kappa shape index (κ2) is 6.33. The Hall–Kier alpha value is -1.78. The first-order valence-corrected chi connectivity index (χ1v) is 6.99. The van der Waals surface area contributed by atoms with Crippen molar-refractivity contribution in [3.63, 3.8) is 0 Å². The van der Waals surface area contributed by atoms with Crippen LogP contribution < -0.4 is 10.1 Å². The zero-order valence-corrected chi connectivity index (χ0v) is 13.0. The molecule has 0 aliphatic carbocycles. The number of anilines is 1. The molecule has 2 rings (SSSR count). The average Bonchev–Trinajstić information content (AvgIpc) is 2.45. The first-order valence-electron chi connectivity index (χ1n) is 6.23. The van der Waals surface area contributed by atoms with Crippen molar-refractivity contribution in [1.82, 2.24) is 0 Å². The van der Waals surface area contributed by atoms with E-state index >= 15 is 0 Å². The predicted molar refractivity (Wildman–Crippen MR) is 84.8 cm³/mol. The molecule has 1 unspecified atom stereocenters. The number of nitrogens with one attached hydrogen (secondary N) is 1. The van der Waals surface area contributed by atoms with Crippen LogP contribution in [0.25, 0.3) is 0 Å². The lowest BCUT2D eigenvalue weighted by molar-refractivity contribution is 0.373. The van der Waals surface area contributed by atoms with Crippen LogP contribution in [0.15, 0.2) is 30.3 Å². The van der Waals surface area contributed by atoms with Gasteiger partial charge in [0.1, 0.15) is 0 Å². The fourth-order valence-corrected chi connectivity index (χ4v) is 2.43. The number of methoxy groups -OCH3 is 1. The van der Waals surface area contributed by atoms with E-state index in [1.165, 1.54) is 7.11 Å². The molecule has 2 aromatic rings. The topological polar surface area (TPSA) is 61.7 Å². The lowest BCUT2D eigenvalue weighted by atomic mass is 10.1. The number of rotatable bonds is 4. The van der Waals surface area contributed by atoms with Crippen LogP contribution in [0.4, 0.5) is 5.69 Å². The minimum atomic E-state index is -0.136. The van der Waals surface area contributed by atoms with Crippen LogP contribution in [-0.2, 0) is 0 Å². The van der Waals surface area contributed by atoms with Crippen LogP contribution >= 0.6 is 23.2 Å². The number of halogens is 2. The van der Waals surface area contributed by atoms with E-state index in [1.807, 2.05) is 6.92 Å². The molecule has 6 heteroatoms. The molecular formula is C15H15Cl2NO3. The molecule has 0 saturated heterocycles. The number of benzene rings is 2. The Morgan fingerprint density at radius 3 is 2.29 bits per heavy atom. The third-order valence-corrected chi connectivity index (χ3v) is 3.68. The third-order valence-electron chi connectivity index (χ3n) is 3.10. The Morgan fingerprint density at radius 2 is 1.71 bits per heavy atom. The summed E-state index contributed by atoms with van der Waals surface area (Å²) in [5.41, 5.74) is 1.60. The zero-order chi connectivity index (χ0) is 15.6. The fourth-order valence-electron chi connectivity index (χ4n) is 1.95. The molecule has 0 spiro atoms. The molecule has 21 heavy (non-hydrogen) atoms. The Kier molecular flexibility index (Phi) is 4.70. The van der Waals surface area contributed by atoms with Gasteiger partial charge in [-0.1, -0.05) is 29.3 Å². The SMILES string of the molecule is COc1cc(C(C)Nc2cc(Cl)c(O)c(Cl)c2)ccc1O. The van der Waals surface area contributed by atoms with Crippen molar-refractivity contribution < 1.29 is 14.9 Å². The summed E-state index contributed by atoms with van der Waals surface area (Å²) >= 11 is 11.8. The van der Waals surface area contributed by atoms with Crippen LogP contribution in [0, 0.1) is 0 Å². The van der Waals surface area contributed by atoms with Gasteiger partial charge in [0.05, 0.1) is 17.2 Å². The van der Waals surface area contributed by atoms with Crippen molar-refractivity contribution in [2.45, 2.75) is 13.0 Å². The Labute approximate surface area is 132 Å². The molecule has 0 saturated carbocycles. The molecule has 0 aliphatic rings. The molecule has 2 aromatic carbocycles. The van der Waals surface area contributed by atoms with Gasteiger partial charge in [-0.3, -0.25) is 0 Å². The maximum absolute atomic E-state index is 9.60. The van der Waals surface area contributed by atoms with Crippen LogP contribution in [0.3, 0.4) is 0 Å². The van der Waals surface area contributed by atoms with Gasteiger partial charge in [-0.2, -0.15) is 0 Å². The first-order chi connectivity index (χ1) is 9.92. The second-order valence-corrected chi connectivity index (χ2v) is 5.40. The van der Waals surface area contributed by atoms with E-state index in [-0.39, 0.29) is 27.6 Å². The van der Waals surface area contributed by atoms with E-state index in [2.05, 4.69) is 5.32 Å². The number of phenols is 2.